The Balaban J connectivity index is 0.000000478. The molecule has 0 unspecified atom stereocenters. The molecule has 0 aliphatic carbocycles. The van der Waals surface area contributed by atoms with Gasteiger partial charge in [0, 0.05) is 37.6 Å². The van der Waals surface area contributed by atoms with E-state index in [-0.39, 0.29) is 22.4 Å². The molecule has 155 valence electrons. The molecule has 0 aromatic carbocycles. The van der Waals surface area contributed by atoms with E-state index in [2.05, 4.69) is 13.8 Å². The number of aromatic nitrogens is 2. The summed E-state index contributed by atoms with van der Waals surface area (Å²) in [6.45, 7) is 9.45. The van der Waals surface area contributed by atoms with Crippen molar-refractivity contribution in [1.82, 2.24) is 9.13 Å². The predicted octanol–water partition coefficient (Wildman–Crippen LogP) is 3.20. The zero-order valence-electron chi connectivity index (χ0n) is 17.0. The zero-order chi connectivity index (χ0) is 21.7. The Labute approximate surface area is 174 Å². The van der Waals surface area contributed by atoms with Crippen LogP contribution in [0.1, 0.15) is 50.9 Å². The molecule has 7 nitrogen and oxygen atoms in total. The Bertz CT molecular complexity index is 776. The molecule has 8 heteroatoms. The second kappa shape index (κ2) is 14.0. The quantitative estimate of drug-likeness (QED) is 0.734. The Morgan fingerprint density at radius 1 is 0.786 bits per heavy atom. The van der Waals surface area contributed by atoms with Gasteiger partial charge in [-0.15, -0.1) is 0 Å². The van der Waals surface area contributed by atoms with Crippen LogP contribution in [0.25, 0.3) is 0 Å². The fourth-order valence-electron chi connectivity index (χ4n) is 2.47. The molecule has 2 aromatic rings. The Morgan fingerprint density at radius 2 is 1.11 bits per heavy atom. The molecule has 0 atom stereocenters. The molecule has 2 N–H and O–H groups in total. The molecule has 0 aliphatic rings. The van der Waals surface area contributed by atoms with Gasteiger partial charge in [0.2, 0.25) is 10.9 Å². The molecule has 2 rings (SSSR count). The van der Waals surface area contributed by atoms with Crippen LogP contribution in [-0.2, 0) is 34.1 Å². The van der Waals surface area contributed by atoms with Crippen molar-refractivity contribution < 1.29 is 31.3 Å². The Kier molecular flexibility index (Phi) is 12.9. The number of unbranched alkanes of at least 4 members (excludes halogenated alkanes) is 2. The fourth-order valence-corrected chi connectivity index (χ4v) is 2.47. The fraction of sp³-hybridized carbons (Fsp3) is 0.500. The van der Waals surface area contributed by atoms with Gasteiger partial charge in [-0.1, -0.05) is 26.7 Å². The second-order valence-corrected chi connectivity index (χ2v) is 6.32. The van der Waals surface area contributed by atoms with E-state index in [4.69, 9.17) is 3.67 Å². The first-order valence-electron chi connectivity index (χ1n) is 9.29. The van der Waals surface area contributed by atoms with E-state index in [1.807, 2.05) is 9.13 Å². The van der Waals surface area contributed by atoms with E-state index in [0.717, 1.165) is 56.1 Å². The summed E-state index contributed by atoms with van der Waals surface area (Å²) in [6.07, 6.45) is 7.78. The normalized spacial score (nSPS) is 9.68. The van der Waals surface area contributed by atoms with Crippen LogP contribution in [0.5, 0.6) is 11.5 Å². The molecule has 0 bridgehead atoms. The van der Waals surface area contributed by atoms with Crippen molar-refractivity contribution in [3.63, 3.8) is 0 Å². The summed E-state index contributed by atoms with van der Waals surface area (Å²) in [5.74, 6) is -0.253. The third-order valence-electron chi connectivity index (χ3n) is 4.33. The first-order valence-corrected chi connectivity index (χ1v) is 9.86. The zero-order valence-corrected chi connectivity index (χ0v) is 18.4. The van der Waals surface area contributed by atoms with Crippen LogP contribution in [0, 0.1) is 13.8 Å². The van der Waals surface area contributed by atoms with Crippen molar-refractivity contribution in [3.05, 3.63) is 56.4 Å². The molecule has 0 amide bonds. The predicted molar refractivity (Wildman–Crippen MR) is 105 cm³/mol. The van der Waals surface area contributed by atoms with E-state index >= 15 is 0 Å². The molecule has 0 spiro atoms. The first-order chi connectivity index (χ1) is 13.3. The molecule has 2 heterocycles. The summed E-state index contributed by atoms with van der Waals surface area (Å²) < 4.78 is 12.0. The Morgan fingerprint density at radius 3 is 1.39 bits per heavy atom. The molecule has 0 radical (unpaired) electrons. The van der Waals surface area contributed by atoms with Gasteiger partial charge < -0.3 is 19.3 Å². The molecule has 28 heavy (non-hydrogen) atoms. The number of rotatable bonds is 6. The molecular formula is C20H30N2O5V. The van der Waals surface area contributed by atoms with Crippen LogP contribution in [0.2, 0.25) is 0 Å². The average molecular weight is 429 g/mol. The summed E-state index contributed by atoms with van der Waals surface area (Å²) in [5.41, 5.74) is 0.706. The van der Waals surface area contributed by atoms with Crippen molar-refractivity contribution in [2.45, 2.75) is 66.5 Å². The molecule has 2 aromatic heterocycles. The topological polar surface area (TPSA) is 102 Å². The molecule has 0 aliphatic heterocycles. The van der Waals surface area contributed by atoms with Gasteiger partial charge in [0.15, 0.2) is 11.5 Å². The minimum absolute atomic E-state index is 0.126. The van der Waals surface area contributed by atoms with Gasteiger partial charge in [-0.2, -0.15) is 0 Å². The van der Waals surface area contributed by atoms with Crippen LogP contribution in [0.4, 0.5) is 0 Å². The van der Waals surface area contributed by atoms with Gasteiger partial charge in [0.25, 0.3) is 0 Å². The van der Waals surface area contributed by atoms with E-state index in [1.54, 1.807) is 26.2 Å². The van der Waals surface area contributed by atoms with Crippen molar-refractivity contribution in [2.24, 2.45) is 0 Å². The average Bonchev–Trinajstić information content (AvgIpc) is 2.71. The van der Waals surface area contributed by atoms with E-state index in [0.29, 0.717) is 11.4 Å². The monoisotopic (exact) mass is 429 g/mol. The minimum atomic E-state index is -0.301. The third-order valence-corrected chi connectivity index (χ3v) is 4.33. The summed E-state index contributed by atoms with van der Waals surface area (Å²) in [6, 6.07) is 2.80. The number of hydrogen-bond donors (Lipinski definition) is 2. The number of nitrogens with zero attached hydrogens (tertiary/aromatic N) is 2. The summed E-state index contributed by atoms with van der Waals surface area (Å²) in [4.78, 5) is 22.0. The van der Waals surface area contributed by atoms with Crippen molar-refractivity contribution >= 4 is 0 Å². The van der Waals surface area contributed by atoms with Crippen molar-refractivity contribution in [1.29, 1.82) is 0 Å². The van der Waals surface area contributed by atoms with E-state index in [1.165, 1.54) is 12.1 Å². The number of pyridine rings is 2. The van der Waals surface area contributed by atoms with Gasteiger partial charge in [-0.05, 0) is 26.7 Å². The molecule has 0 fully saturated rings. The van der Waals surface area contributed by atoms with Crippen molar-refractivity contribution in [3.8, 4) is 11.5 Å². The number of hydrogen-bond acceptors (Lipinski definition) is 5. The van der Waals surface area contributed by atoms with E-state index < -0.39 is 0 Å². The number of aromatic hydroxyl groups is 2. The molecule has 0 saturated carbocycles. The Hall–Kier alpha value is -2.12. The van der Waals surface area contributed by atoms with Gasteiger partial charge in [0.05, 0.1) is 11.4 Å². The SMILES string of the molecule is CCCCn1ccc(=O)c(O)c1C.CCCCn1ccc(=O)c(O)c1C.[O]=[V]. The molecular weight excluding hydrogens is 399 g/mol. The van der Waals surface area contributed by atoms with Crippen LogP contribution in [0.3, 0.4) is 0 Å². The first kappa shape index (κ1) is 25.9. The third kappa shape index (κ3) is 7.86. The van der Waals surface area contributed by atoms with Gasteiger partial charge in [-0.3, -0.25) is 9.59 Å². The van der Waals surface area contributed by atoms with Gasteiger partial charge in [0.1, 0.15) is 0 Å². The maximum absolute atomic E-state index is 11.0. The van der Waals surface area contributed by atoms with Gasteiger partial charge in [-0.25, -0.2) is 0 Å². The summed E-state index contributed by atoms with van der Waals surface area (Å²) in [5, 5.41) is 18.7. The maximum atomic E-state index is 11.0. The van der Waals surface area contributed by atoms with Crippen LogP contribution >= 0.6 is 0 Å². The molecule has 0 saturated heterocycles. The number of aryl methyl sites for hydroxylation is 2. The summed E-state index contributed by atoms with van der Waals surface area (Å²) in [7, 11) is 0. The van der Waals surface area contributed by atoms with Crippen LogP contribution in [-0.4, -0.2) is 19.3 Å². The second-order valence-electron chi connectivity index (χ2n) is 6.32. The van der Waals surface area contributed by atoms with Crippen LogP contribution in [0.15, 0.2) is 34.1 Å². The van der Waals surface area contributed by atoms with Crippen molar-refractivity contribution in [2.75, 3.05) is 0 Å². The standard InChI is InChI=1S/2C10H15NO2.O.V/c2*1-3-4-6-11-7-5-9(12)10(13)8(11)2;;/h2*5,7,13H,3-4,6H2,1-2H3;;. The van der Waals surface area contributed by atoms with Crippen LogP contribution < -0.4 is 10.9 Å². The summed E-state index contributed by atoms with van der Waals surface area (Å²) >= 11 is 1.06. The van der Waals surface area contributed by atoms with E-state index in [9.17, 15) is 19.8 Å². The van der Waals surface area contributed by atoms with Gasteiger partial charge >= 0.3 is 21.0 Å².